The van der Waals surface area contributed by atoms with Crippen LogP contribution in [0, 0.1) is 5.82 Å². The van der Waals surface area contributed by atoms with Gasteiger partial charge in [0.1, 0.15) is 11.4 Å². The molecule has 1 aromatic carbocycles. The van der Waals surface area contributed by atoms with Crippen molar-refractivity contribution in [1.82, 2.24) is 0 Å². The van der Waals surface area contributed by atoms with E-state index >= 15 is 0 Å². The number of halogens is 2. The van der Waals surface area contributed by atoms with Crippen LogP contribution in [0.5, 0.6) is 0 Å². The van der Waals surface area contributed by atoms with Gasteiger partial charge in [-0.3, -0.25) is 0 Å². The van der Waals surface area contributed by atoms with Crippen molar-refractivity contribution in [3.63, 3.8) is 0 Å². The standard InChI is InChI=1S/C9H9BrFNO2/c1-9(12,8(13)14)5-2-3-7(11)6(10)4-5/h2-4H,12H2,1H3,(H,13,14). The molecule has 3 nitrogen and oxygen atoms in total. The first-order valence-electron chi connectivity index (χ1n) is 3.83. The van der Waals surface area contributed by atoms with E-state index in [9.17, 15) is 9.18 Å². The van der Waals surface area contributed by atoms with Gasteiger partial charge in [-0.2, -0.15) is 0 Å². The van der Waals surface area contributed by atoms with Gasteiger partial charge in [-0.15, -0.1) is 0 Å². The molecule has 0 aromatic heterocycles. The van der Waals surface area contributed by atoms with Crippen LogP contribution in [0.2, 0.25) is 0 Å². The van der Waals surface area contributed by atoms with Gasteiger partial charge in [0.05, 0.1) is 4.47 Å². The third kappa shape index (κ3) is 1.93. The molecule has 0 amide bonds. The zero-order chi connectivity index (χ0) is 10.9. The van der Waals surface area contributed by atoms with Crippen LogP contribution in [0.4, 0.5) is 4.39 Å². The zero-order valence-corrected chi connectivity index (χ0v) is 9.01. The third-order valence-electron chi connectivity index (χ3n) is 1.96. The van der Waals surface area contributed by atoms with Crippen molar-refractivity contribution in [1.29, 1.82) is 0 Å². The lowest BCUT2D eigenvalue weighted by molar-refractivity contribution is -0.143. The number of nitrogens with two attached hydrogens (primary N) is 1. The molecule has 0 aliphatic carbocycles. The molecule has 76 valence electrons. The number of carboxylic acid groups (broad SMARTS) is 1. The average Bonchev–Trinajstić information content (AvgIpc) is 2.09. The van der Waals surface area contributed by atoms with E-state index in [4.69, 9.17) is 10.8 Å². The Labute approximate surface area is 88.9 Å². The summed E-state index contributed by atoms with van der Waals surface area (Å²) < 4.78 is 13.1. The Morgan fingerprint density at radius 3 is 2.64 bits per heavy atom. The van der Waals surface area contributed by atoms with E-state index in [2.05, 4.69) is 15.9 Å². The molecule has 0 radical (unpaired) electrons. The van der Waals surface area contributed by atoms with Gasteiger partial charge in [-0.25, -0.2) is 9.18 Å². The maximum absolute atomic E-state index is 12.9. The van der Waals surface area contributed by atoms with Gasteiger partial charge >= 0.3 is 5.97 Å². The summed E-state index contributed by atoms with van der Waals surface area (Å²) >= 11 is 2.96. The molecule has 0 heterocycles. The molecular weight excluding hydrogens is 253 g/mol. The average molecular weight is 262 g/mol. The van der Waals surface area contributed by atoms with Crippen LogP contribution in [-0.2, 0) is 10.3 Å². The second-order valence-corrected chi connectivity index (χ2v) is 3.99. The minimum atomic E-state index is -1.50. The minimum Gasteiger partial charge on any atom is -0.480 e. The number of hydrogen-bond acceptors (Lipinski definition) is 2. The Kier molecular flexibility index (Phi) is 2.92. The molecule has 14 heavy (non-hydrogen) atoms. The van der Waals surface area contributed by atoms with Gasteiger partial charge in [0.2, 0.25) is 0 Å². The van der Waals surface area contributed by atoms with Crippen molar-refractivity contribution in [2.45, 2.75) is 12.5 Å². The largest absolute Gasteiger partial charge is 0.480 e. The van der Waals surface area contributed by atoms with E-state index < -0.39 is 17.3 Å². The molecule has 0 saturated carbocycles. The Morgan fingerprint density at radius 1 is 1.64 bits per heavy atom. The predicted molar refractivity (Wildman–Crippen MR) is 53.3 cm³/mol. The highest BCUT2D eigenvalue weighted by Gasteiger charge is 2.30. The molecule has 5 heteroatoms. The smallest absolute Gasteiger partial charge is 0.328 e. The minimum absolute atomic E-state index is 0.202. The number of carbonyl (C=O) groups is 1. The second kappa shape index (κ2) is 3.67. The molecule has 3 N–H and O–H groups in total. The normalized spacial score (nSPS) is 14.9. The Balaban J connectivity index is 3.21. The summed E-state index contributed by atoms with van der Waals surface area (Å²) in [6, 6.07) is 3.89. The SMILES string of the molecule is CC(N)(C(=O)O)c1ccc(F)c(Br)c1. The van der Waals surface area contributed by atoms with Crippen molar-refractivity contribution in [3.05, 3.63) is 34.1 Å². The van der Waals surface area contributed by atoms with Crippen LogP contribution < -0.4 is 5.73 Å². The van der Waals surface area contributed by atoms with Crippen molar-refractivity contribution < 1.29 is 14.3 Å². The number of hydrogen-bond donors (Lipinski definition) is 2. The number of rotatable bonds is 2. The van der Waals surface area contributed by atoms with Crippen molar-refractivity contribution >= 4 is 21.9 Å². The van der Waals surface area contributed by atoms with Crippen molar-refractivity contribution in [2.24, 2.45) is 5.73 Å². The highest BCUT2D eigenvalue weighted by Crippen LogP contribution is 2.23. The predicted octanol–water partition coefficient (Wildman–Crippen LogP) is 1.85. The summed E-state index contributed by atoms with van der Waals surface area (Å²) in [4.78, 5) is 10.8. The molecule has 0 bridgehead atoms. The molecule has 0 saturated heterocycles. The van der Waals surface area contributed by atoms with Gasteiger partial charge in [-0.1, -0.05) is 6.07 Å². The van der Waals surface area contributed by atoms with Gasteiger partial charge in [0, 0.05) is 0 Å². The van der Waals surface area contributed by atoms with Crippen molar-refractivity contribution in [3.8, 4) is 0 Å². The fourth-order valence-corrected chi connectivity index (χ4v) is 1.32. The zero-order valence-electron chi connectivity index (χ0n) is 7.42. The topological polar surface area (TPSA) is 63.3 Å². The van der Waals surface area contributed by atoms with Gasteiger partial charge < -0.3 is 10.8 Å². The quantitative estimate of drug-likeness (QED) is 0.854. The molecule has 1 atom stereocenters. The van der Waals surface area contributed by atoms with Crippen LogP contribution in [-0.4, -0.2) is 11.1 Å². The fourth-order valence-electron chi connectivity index (χ4n) is 0.943. The first kappa shape index (κ1) is 11.1. The summed E-state index contributed by atoms with van der Waals surface area (Å²) in [7, 11) is 0. The molecule has 0 spiro atoms. The number of benzene rings is 1. The highest BCUT2D eigenvalue weighted by molar-refractivity contribution is 9.10. The van der Waals surface area contributed by atoms with E-state index in [1.54, 1.807) is 0 Å². The van der Waals surface area contributed by atoms with E-state index in [-0.39, 0.29) is 4.47 Å². The number of aliphatic carboxylic acids is 1. The van der Waals surface area contributed by atoms with E-state index in [1.807, 2.05) is 0 Å². The molecule has 0 fully saturated rings. The Bertz CT molecular complexity index is 379. The Hall–Kier alpha value is -0.940. The van der Waals surface area contributed by atoms with Crippen LogP contribution in [0.25, 0.3) is 0 Å². The Morgan fingerprint density at radius 2 is 2.21 bits per heavy atom. The number of carboxylic acids is 1. The van der Waals surface area contributed by atoms with Crippen LogP contribution >= 0.6 is 15.9 Å². The van der Waals surface area contributed by atoms with Crippen LogP contribution in [0.1, 0.15) is 12.5 Å². The van der Waals surface area contributed by atoms with Crippen molar-refractivity contribution in [2.75, 3.05) is 0 Å². The van der Waals surface area contributed by atoms with Gasteiger partial charge in [0.15, 0.2) is 0 Å². The monoisotopic (exact) mass is 261 g/mol. The first-order chi connectivity index (χ1) is 6.35. The van der Waals surface area contributed by atoms with E-state index in [1.165, 1.54) is 25.1 Å². The van der Waals surface area contributed by atoms with Gasteiger partial charge in [0.25, 0.3) is 0 Å². The fraction of sp³-hybridized carbons (Fsp3) is 0.222. The summed E-state index contributed by atoms with van der Waals surface area (Å²) in [6.07, 6.45) is 0. The van der Waals surface area contributed by atoms with Crippen LogP contribution in [0.15, 0.2) is 22.7 Å². The molecule has 1 aromatic rings. The molecular formula is C9H9BrFNO2. The lowest BCUT2D eigenvalue weighted by Gasteiger charge is -2.19. The summed E-state index contributed by atoms with van der Waals surface area (Å²) in [5.74, 6) is -1.61. The lowest BCUT2D eigenvalue weighted by Crippen LogP contribution is -2.41. The van der Waals surface area contributed by atoms with Crippen LogP contribution in [0.3, 0.4) is 0 Å². The maximum atomic E-state index is 12.9. The summed E-state index contributed by atoms with van der Waals surface area (Å²) in [5, 5.41) is 8.82. The second-order valence-electron chi connectivity index (χ2n) is 3.14. The van der Waals surface area contributed by atoms with E-state index in [0.717, 1.165) is 0 Å². The molecule has 0 aliphatic heterocycles. The summed E-state index contributed by atoms with van der Waals surface area (Å²) in [5.41, 5.74) is 4.40. The molecule has 1 rings (SSSR count). The molecule has 0 aliphatic rings. The highest BCUT2D eigenvalue weighted by atomic mass is 79.9. The third-order valence-corrected chi connectivity index (χ3v) is 2.57. The maximum Gasteiger partial charge on any atom is 0.328 e. The summed E-state index contributed by atoms with van der Waals surface area (Å²) in [6.45, 7) is 1.36. The van der Waals surface area contributed by atoms with Gasteiger partial charge in [-0.05, 0) is 40.5 Å². The molecule has 1 unspecified atom stereocenters. The van der Waals surface area contributed by atoms with E-state index in [0.29, 0.717) is 5.56 Å². The first-order valence-corrected chi connectivity index (χ1v) is 4.63. The lowest BCUT2D eigenvalue weighted by atomic mass is 9.93.